The van der Waals surface area contributed by atoms with Crippen molar-refractivity contribution in [3.8, 4) is 0 Å². The largest absolute Gasteiger partial charge is 0.390 e. The molecule has 0 spiro atoms. The number of rotatable bonds is 7. The van der Waals surface area contributed by atoms with Crippen LogP contribution in [0.1, 0.15) is 27.2 Å². The van der Waals surface area contributed by atoms with E-state index in [4.69, 9.17) is 0 Å². The van der Waals surface area contributed by atoms with Gasteiger partial charge in [0.05, 0.1) is 19.0 Å². The van der Waals surface area contributed by atoms with Crippen LogP contribution < -0.4 is 5.32 Å². The summed E-state index contributed by atoms with van der Waals surface area (Å²) in [6.45, 7) is 4.55. The van der Waals surface area contributed by atoms with Gasteiger partial charge in [-0.25, -0.2) is 0 Å². The van der Waals surface area contributed by atoms with Crippen LogP contribution in [0, 0.1) is 5.92 Å². The Balaban J connectivity index is 4.19. The predicted molar refractivity (Wildman–Crippen MR) is 65.6 cm³/mol. The molecule has 0 aliphatic carbocycles. The lowest BCUT2D eigenvalue weighted by atomic mass is 10.0. The molecule has 0 aromatic carbocycles. The Bertz CT molecular complexity index is 317. The maximum Gasteiger partial charge on any atom is 0.390 e. The summed E-state index contributed by atoms with van der Waals surface area (Å²) in [6, 6.07) is -0.594. The molecule has 19 heavy (non-hydrogen) atoms. The number of Topliss-reactive ketones (excluding diaryl/α,β-unsaturated/α-hetero) is 1. The zero-order chi connectivity index (χ0) is 15.2. The third-order valence-electron chi connectivity index (χ3n) is 2.61. The van der Waals surface area contributed by atoms with Crippen LogP contribution in [0.15, 0.2) is 0 Å². The molecular formula is C12H21F3N2O2. The molecule has 0 aromatic rings. The van der Waals surface area contributed by atoms with Gasteiger partial charge in [0.25, 0.3) is 0 Å². The molecule has 1 amide bonds. The molecular weight excluding hydrogens is 261 g/mol. The number of hydrogen-bond donors (Lipinski definition) is 1. The van der Waals surface area contributed by atoms with Crippen LogP contribution in [0.4, 0.5) is 13.2 Å². The summed E-state index contributed by atoms with van der Waals surface area (Å²) in [4.78, 5) is 24.2. The lowest BCUT2D eigenvalue weighted by Gasteiger charge is -2.22. The third-order valence-corrected chi connectivity index (χ3v) is 2.61. The number of alkyl halides is 3. The number of carbonyl (C=O) groups is 2. The van der Waals surface area contributed by atoms with Gasteiger partial charge in [-0.3, -0.25) is 14.5 Å². The first kappa shape index (κ1) is 17.9. The fourth-order valence-corrected chi connectivity index (χ4v) is 1.60. The first-order valence-corrected chi connectivity index (χ1v) is 6.08. The summed E-state index contributed by atoms with van der Waals surface area (Å²) in [6.07, 6.45) is -5.19. The number of likely N-dealkylation sites (N-methyl/N-ethyl adjacent to an activating group) is 1. The lowest BCUT2D eigenvalue weighted by Crippen LogP contribution is -2.47. The monoisotopic (exact) mass is 282 g/mol. The van der Waals surface area contributed by atoms with Gasteiger partial charge in [-0.2, -0.15) is 13.2 Å². The number of ketones is 1. The highest BCUT2D eigenvalue weighted by Crippen LogP contribution is 2.19. The molecule has 0 aliphatic heterocycles. The van der Waals surface area contributed by atoms with Crippen molar-refractivity contribution >= 4 is 11.7 Å². The number of amides is 1. The van der Waals surface area contributed by atoms with Gasteiger partial charge in [0, 0.05) is 6.54 Å². The minimum atomic E-state index is -4.23. The van der Waals surface area contributed by atoms with E-state index in [2.05, 4.69) is 5.32 Å². The molecule has 7 heteroatoms. The zero-order valence-electron chi connectivity index (χ0n) is 11.7. The van der Waals surface area contributed by atoms with Crippen LogP contribution in [-0.4, -0.2) is 48.9 Å². The second-order valence-electron chi connectivity index (χ2n) is 5.00. The van der Waals surface area contributed by atoms with Crippen LogP contribution in [0.25, 0.3) is 0 Å². The standard InChI is InChI=1S/C12H21F3N2O2/c1-8(2)11(9(3)18)16-10(19)7-17(4)6-5-12(13,14)15/h8,11H,5-7H2,1-4H3,(H,16,19). The topological polar surface area (TPSA) is 49.4 Å². The van der Waals surface area contributed by atoms with Gasteiger partial charge in [0.2, 0.25) is 5.91 Å². The Labute approximate surface area is 111 Å². The van der Waals surface area contributed by atoms with Gasteiger partial charge in [-0.15, -0.1) is 0 Å². The molecule has 1 N–H and O–H groups in total. The molecule has 0 saturated carbocycles. The normalized spacial score (nSPS) is 13.7. The number of carbonyl (C=O) groups excluding carboxylic acids is 2. The summed E-state index contributed by atoms with van der Waals surface area (Å²) >= 11 is 0. The minimum absolute atomic E-state index is 0.0538. The van der Waals surface area contributed by atoms with Crippen molar-refractivity contribution in [1.82, 2.24) is 10.2 Å². The number of nitrogens with one attached hydrogen (secondary N) is 1. The van der Waals surface area contributed by atoms with E-state index in [1.807, 2.05) is 0 Å². The SMILES string of the molecule is CC(=O)C(NC(=O)CN(C)CCC(F)(F)F)C(C)C. The van der Waals surface area contributed by atoms with Crippen LogP contribution in [0.5, 0.6) is 0 Å². The van der Waals surface area contributed by atoms with Crippen LogP contribution in [-0.2, 0) is 9.59 Å². The van der Waals surface area contributed by atoms with Gasteiger partial charge in [-0.1, -0.05) is 13.8 Å². The van der Waals surface area contributed by atoms with E-state index >= 15 is 0 Å². The lowest BCUT2D eigenvalue weighted by molar-refractivity contribution is -0.139. The first-order chi connectivity index (χ1) is 8.53. The highest BCUT2D eigenvalue weighted by atomic mass is 19.4. The molecule has 112 valence electrons. The summed E-state index contributed by atoms with van der Waals surface area (Å²) < 4.78 is 36.0. The zero-order valence-corrected chi connectivity index (χ0v) is 11.7. The molecule has 4 nitrogen and oxygen atoms in total. The van der Waals surface area contributed by atoms with Crippen LogP contribution in [0.3, 0.4) is 0 Å². The predicted octanol–water partition coefficient (Wildman–Crippen LogP) is 1.60. The van der Waals surface area contributed by atoms with Gasteiger partial charge in [0.15, 0.2) is 5.78 Å². The average molecular weight is 282 g/mol. The number of nitrogens with zero attached hydrogens (tertiary/aromatic N) is 1. The maximum absolute atomic E-state index is 12.0. The minimum Gasteiger partial charge on any atom is -0.345 e. The molecule has 0 aromatic heterocycles. The number of halogens is 3. The molecule has 1 unspecified atom stereocenters. The highest BCUT2D eigenvalue weighted by molar-refractivity contribution is 5.88. The summed E-state index contributed by atoms with van der Waals surface area (Å²) in [5, 5.41) is 2.53. The maximum atomic E-state index is 12.0. The van der Waals surface area contributed by atoms with Crippen LogP contribution >= 0.6 is 0 Å². The van der Waals surface area contributed by atoms with Crippen molar-refractivity contribution in [2.75, 3.05) is 20.1 Å². The molecule has 0 bridgehead atoms. The summed E-state index contributed by atoms with van der Waals surface area (Å²) in [5.74, 6) is -0.665. The molecule has 0 rings (SSSR count). The highest BCUT2D eigenvalue weighted by Gasteiger charge is 2.27. The Kier molecular flexibility index (Phi) is 7.04. The van der Waals surface area contributed by atoms with E-state index in [0.29, 0.717) is 0 Å². The van der Waals surface area contributed by atoms with E-state index in [9.17, 15) is 22.8 Å². The fourth-order valence-electron chi connectivity index (χ4n) is 1.60. The molecule has 0 heterocycles. The van der Waals surface area contributed by atoms with Gasteiger partial charge in [0.1, 0.15) is 0 Å². The second-order valence-corrected chi connectivity index (χ2v) is 5.00. The van der Waals surface area contributed by atoms with Crippen molar-refractivity contribution in [2.24, 2.45) is 5.92 Å². The Morgan fingerprint density at radius 2 is 1.79 bits per heavy atom. The van der Waals surface area contributed by atoms with E-state index in [-0.39, 0.29) is 24.8 Å². The first-order valence-electron chi connectivity index (χ1n) is 6.08. The third kappa shape index (κ3) is 8.58. The van der Waals surface area contributed by atoms with E-state index in [1.54, 1.807) is 13.8 Å². The number of hydrogen-bond acceptors (Lipinski definition) is 3. The average Bonchev–Trinajstić information content (AvgIpc) is 2.21. The Hall–Kier alpha value is -1.11. The Morgan fingerprint density at radius 3 is 2.16 bits per heavy atom. The van der Waals surface area contributed by atoms with Crippen molar-refractivity contribution < 1.29 is 22.8 Å². The van der Waals surface area contributed by atoms with Crippen molar-refractivity contribution in [3.05, 3.63) is 0 Å². The van der Waals surface area contributed by atoms with Crippen molar-refractivity contribution in [2.45, 2.75) is 39.4 Å². The van der Waals surface area contributed by atoms with Crippen molar-refractivity contribution in [1.29, 1.82) is 0 Å². The van der Waals surface area contributed by atoms with E-state index < -0.39 is 24.5 Å². The Morgan fingerprint density at radius 1 is 1.26 bits per heavy atom. The summed E-state index contributed by atoms with van der Waals surface area (Å²) in [5.41, 5.74) is 0. The fraction of sp³-hybridized carbons (Fsp3) is 0.833. The second kappa shape index (κ2) is 7.47. The summed E-state index contributed by atoms with van der Waals surface area (Å²) in [7, 11) is 1.43. The van der Waals surface area contributed by atoms with Crippen molar-refractivity contribution in [3.63, 3.8) is 0 Å². The van der Waals surface area contributed by atoms with Gasteiger partial charge < -0.3 is 5.32 Å². The van der Waals surface area contributed by atoms with Gasteiger partial charge in [-0.05, 0) is 19.9 Å². The molecule has 0 aliphatic rings. The van der Waals surface area contributed by atoms with E-state index in [1.165, 1.54) is 18.9 Å². The molecule has 1 atom stereocenters. The molecule has 0 fully saturated rings. The smallest absolute Gasteiger partial charge is 0.345 e. The van der Waals surface area contributed by atoms with Crippen LogP contribution in [0.2, 0.25) is 0 Å². The molecule has 0 saturated heterocycles. The molecule has 0 radical (unpaired) electrons. The van der Waals surface area contributed by atoms with Gasteiger partial charge >= 0.3 is 6.18 Å². The van der Waals surface area contributed by atoms with E-state index in [0.717, 1.165) is 0 Å². The quantitative estimate of drug-likeness (QED) is 0.771.